The third-order valence-corrected chi connectivity index (χ3v) is 6.14. The summed E-state index contributed by atoms with van der Waals surface area (Å²) in [5.41, 5.74) is 0. The van der Waals surface area contributed by atoms with Crippen LogP contribution in [-0.2, 0) is 10.0 Å². The standard InChI is InChI=1S/C10H15BrClNO2S2/c1-3-5-13(6-4-12)17(14,15)9-7-10(11)16-8(9)2/h7H,3-6H2,1-2H3. The molecule has 7 heteroatoms. The summed E-state index contributed by atoms with van der Waals surface area (Å²) in [6.45, 7) is 4.62. The third kappa shape index (κ3) is 3.67. The van der Waals surface area contributed by atoms with Crippen molar-refractivity contribution in [3.8, 4) is 0 Å². The monoisotopic (exact) mass is 359 g/mol. The van der Waals surface area contributed by atoms with Gasteiger partial charge in [0.1, 0.15) is 0 Å². The van der Waals surface area contributed by atoms with Crippen molar-refractivity contribution in [2.75, 3.05) is 19.0 Å². The molecule has 17 heavy (non-hydrogen) atoms. The molecule has 0 spiro atoms. The molecule has 0 bridgehead atoms. The van der Waals surface area contributed by atoms with Crippen molar-refractivity contribution in [3.63, 3.8) is 0 Å². The Hall–Kier alpha value is 0.380. The predicted molar refractivity (Wildman–Crippen MR) is 76.5 cm³/mol. The van der Waals surface area contributed by atoms with Crippen LogP contribution in [0.5, 0.6) is 0 Å². The average Bonchev–Trinajstić information content (AvgIpc) is 2.58. The van der Waals surface area contributed by atoms with Gasteiger partial charge in [0, 0.05) is 23.8 Å². The fourth-order valence-electron chi connectivity index (χ4n) is 1.52. The Morgan fingerprint density at radius 1 is 1.47 bits per heavy atom. The molecular formula is C10H15BrClNO2S2. The smallest absolute Gasteiger partial charge is 0.207 e. The van der Waals surface area contributed by atoms with Crippen LogP contribution in [-0.4, -0.2) is 31.7 Å². The van der Waals surface area contributed by atoms with E-state index in [2.05, 4.69) is 15.9 Å². The zero-order chi connectivity index (χ0) is 13.1. The second-order valence-corrected chi connectivity index (χ2v) is 8.48. The van der Waals surface area contributed by atoms with Crippen molar-refractivity contribution in [1.82, 2.24) is 4.31 Å². The maximum absolute atomic E-state index is 12.4. The summed E-state index contributed by atoms with van der Waals surface area (Å²) in [7, 11) is -3.41. The summed E-state index contributed by atoms with van der Waals surface area (Å²) >= 11 is 10.4. The number of sulfonamides is 1. The van der Waals surface area contributed by atoms with Gasteiger partial charge in [0.2, 0.25) is 10.0 Å². The van der Waals surface area contributed by atoms with Crippen LogP contribution in [0.4, 0.5) is 0 Å². The van der Waals surface area contributed by atoms with E-state index in [0.29, 0.717) is 23.9 Å². The van der Waals surface area contributed by atoms with Crippen molar-refractivity contribution >= 4 is 48.9 Å². The van der Waals surface area contributed by atoms with Crippen LogP contribution in [0.25, 0.3) is 0 Å². The lowest BCUT2D eigenvalue weighted by Crippen LogP contribution is -2.33. The average molecular weight is 361 g/mol. The van der Waals surface area contributed by atoms with E-state index in [1.54, 1.807) is 6.07 Å². The summed E-state index contributed by atoms with van der Waals surface area (Å²) in [5.74, 6) is 0.309. The number of thiophene rings is 1. The van der Waals surface area contributed by atoms with Crippen molar-refractivity contribution in [3.05, 3.63) is 14.7 Å². The van der Waals surface area contributed by atoms with Crippen LogP contribution < -0.4 is 0 Å². The van der Waals surface area contributed by atoms with Crippen molar-refractivity contribution < 1.29 is 8.42 Å². The van der Waals surface area contributed by atoms with E-state index in [1.807, 2.05) is 13.8 Å². The highest BCUT2D eigenvalue weighted by Crippen LogP contribution is 2.31. The van der Waals surface area contributed by atoms with Crippen molar-refractivity contribution in [2.45, 2.75) is 25.2 Å². The zero-order valence-corrected chi connectivity index (χ0v) is 13.7. The van der Waals surface area contributed by atoms with Crippen LogP contribution in [0.15, 0.2) is 14.7 Å². The summed E-state index contributed by atoms with van der Waals surface area (Å²) < 4.78 is 27.1. The van der Waals surface area contributed by atoms with Gasteiger partial charge >= 0.3 is 0 Å². The minimum Gasteiger partial charge on any atom is -0.207 e. The highest BCUT2D eigenvalue weighted by atomic mass is 79.9. The Morgan fingerprint density at radius 2 is 2.12 bits per heavy atom. The molecule has 0 aromatic carbocycles. The largest absolute Gasteiger partial charge is 0.244 e. The van der Waals surface area contributed by atoms with Crippen LogP contribution in [0.1, 0.15) is 18.2 Å². The van der Waals surface area contributed by atoms with Gasteiger partial charge in [-0.3, -0.25) is 0 Å². The Labute approximate surface area is 120 Å². The molecule has 1 aromatic rings. The normalized spacial score (nSPS) is 12.3. The molecule has 0 aliphatic carbocycles. The lowest BCUT2D eigenvalue weighted by atomic mass is 10.5. The van der Waals surface area contributed by atoms with E-state index in [9.17, 15) is 8.42 Å². The van der Waals surface area contributed by atoms with Crippen LogP contribution in [0.2, 0.25) is 0 Å². The lowest BCUT2D eigenvalue weighted by Gasteiger charge is -2.20. The van der Waals surface area contributed by atoms with E-state index < -0.39 is 10.0 Å². The molecule has 0 N–H and O–H groups in total. The van der Waals surface area contributed by atoms with Crippen LogP contribution in [0.3, 0.4) is 0 Å². The first-order valence-corrected chi connectivity index (χ1v) is 8.84. The van der Waals surface area contributed by atoms with Gasteiger partial charge in [-0.15, -0.1) is 22.9 Å². The van der Waals surface area contributed by atoms with E-state index in [-0.39, 0.29) is 0 Å². The zero-order valence-electron chi connectivity index (χ0n) is 9.74. The Morgan fingerprint density at radius 3 is 2.53 bits per heavy atom. The van der Waals surface area contributed by atoms with Crippen LogP contribution in [0, 0.1) is 6.92 Å². The van der Waals surface area contributed by atoms with Gasteiger partial charge in [-0.2, -0.15) is 4.31 Å². The molecule has 0 saturated carbocycles. The topological polar surface area (TPSA) is 37.4 Å². The van der Waals surface area contributed by atoms with E-state index in [4.69, 9.17) is 11.6 Å². The molecular weight excluding hydrogens is 346 g/mol. The van der Waals surface area contributed by atoms with E-state index in [1.165, 1.54) is 15.6 Å². The molecule has 0 aliphatic heterocycles. The maximum Gasteiger partial charge on any atom is 0.244 e. The molecule has 0 atom stereocenters. The van der Waals surface area contributed by atoms with Crippen molar-refractivity contribution in [2.24, 2.45) is 0 Å². The highest BCUT2D eigenvalue weighted by molar-refractivity contribution is 9.11. The molecule has 0 radical (unpaired) electrons. The number of hydrogen-bond acceptors (Lipinski definition) is 3. The SMILES string of the molecule is CCCN(CCCl)S(=O)(=O)c1cc(Br)sc1C. The van der Waals surface area contributed by atoms with Gasteiger partial charge in [-0.1, -0.05) is 6.92 Å². The molecule has 0 aliphatic rings. The van der Waals surface area contributed by atoms with Gasteiger partial charge in [-0.05, 0) is 35.3 Å². The van der Waals surface area contributed by atoms with Gasteiger partial charge in [-0.25, -0.2) is 8.42 Å². The number of hydrogen-bond donors (Lipinski definition) is 0. The minimum atomic E-state index is -3.41. The number of nitrogens with zero attached hydrogens (tertiary/aromatic N) is 1. The molecule has 1 rings (SSSR count). The number of aryl methyl sites for hydroxylation is 1. The molecule has 0 unspecified atom stereocenters. The molecule has 1 heterocycles. The Kier molecular flexibility index (Phi) is 5.92. The fourth-order valence-corrected chi connectivity index (χ4v) is 5.74. The Bertz CT molecular complexity index is 467. The van der Waals surface area contributed by atoms with Gasteiger partial charge in [0.15, 0.2) is 0 Å². The first kappa shape index (κ1) is 15.4. The number of alkyl halides is 1. The first-order valence-electron chi connectivity index (χ1n) is 5.25. The fraction of sp³-hybridized carbons (Fsp3) is 0.600. The van der Waals surface area contributed by atoms with Gasteiger partial charge in [0.05, 0.1) is 8.68 Å². The second-order valence-electron chi connectivity index (χ2n) is 3.56. The summed E-state index contributed by atoms with van der Waals surface area (Å²) in [6, 6.07) is 1.66. The van der Waals surface area contributed by atoms with E-state index >= 15 is 0 Å². The number of rotatable bonds is 6. The van der Waals surface area contributed by atoms with Gasteiger partial charge in [0.25, 0.3) is 0 Å². The maximum atomic E-state index is 12.4. The van der Waals surface area contributed by atoms with Crippen molar-refractivity contribution in [1.29, 1.82) is 0 Å². The third-order valence-electron chi connectivity index (χ3n) is 2.27. The molecule has 0 saturated heterocycles. The van der Waals surface area contributed by atoms with Crippen LogP contribution >= 0.6 is 38.9 Å². The first-order chi connectivity index (χ1) is 7.93. The van der Waals surface area contributed by atoms with E-state index in [0.717, 1.165) is 15.1 Å². The highest BCUT2D eigenvalue weighted by Gasteiger charge is 2.26. The molecule has 1 aromatic heterocycles. The summed E-state index contributed by atoms with van der Waals surface area (Å²) in [5, 5.41) is 0. The molecule has 0 fully saturated rings. The minimum absolute atomic E-state index is 0.309. The quantitative estimate of drug-likeness (QED) is 0.729. The van der Waals surface area contributed by atoms with Gasteiger partial charge < -0.3 is 0 Å². The molecule has 0 amide bonds. The molecule has 98 valence electrons. The molecule has 3 nitrogen and oxygen atoms in total. The summed E-state index contributed by atoms with van der Waals surface area (Å²) in [4.78, 5) is 1.18. The predicted octanol–water partition coefficient (Wildman–Crippen LogP) is 3.46. The Balaban J connectivity index is 3.11. The summed E-state index contributed by atoms with van der Waals surface area (Å²) in [6.07, 6.45) is 0.778. The number of halogens is 2. The lowest BCUT2D eigenvalue weighted by molar-refractivity contribution is 0.428. The second kappa shape index (κ2) is 6.52.